The molecular weight excluding hydrogens is 880 g/mol. The van der Waals surface area contributed by atoms with Crippen LogP contribution in [0.1, 0.15) is 88.9 Å². The fourth-order valence-electron chi connectivity index (χ4n) is 9.78. The molecule has 3 saturated carbocycles. The minimum atomic E-state index is -1.77. The Morgan fingerprint density at radius 3 is 1.76 bits per heavy atom. The van der Waals surface area contributed by atoms with Crippen LogP contribution < -0.4 is 14.2 Å². The summed E-state index contributed by atoms with van der Waals surface area (Å²) in [5.74, 6) is -11.7. The van der Waals surface area contributed by atoms with Gasteiger partial charge in [-0.25, -0.2) is 9.59 Å². The highest BCUT2D eigenvalue weighted by Crippen LogP contribution is 2.82. The van der Waals surface area contributed by atoms with E-state index in [1.165, 1.54) is 6.92 Å². The number of esters is 9. The van der Waals surface area contributed by atoms with Crippen molar-refractivity contribution in [3.8, 4) is 17.2 Å². The standard InChI is InChI=1S/C44H46O22/c1-20(45)56-29-14-28(15-30(57-21(2)46)33(29)58-22(3)47)38(53)54-17-31-34(59-23(4)48)35(60-24(5)49)36(61-25(6)50)39(62-31)64-44-16-32-42(44,19-55-37(52)27-12-10-9-11-13-27)40-65-41(44,8)18-43(32,66-40)63-26(7)51/h9-15,31-32,34-36,39-40H,16-19H2,1-8H3/t31-,32-,34-,35+,36-,39+,40-,41+,42+,43-,44+/m1/s1. The van der Waals surface area contributed by atoms with Gasteiger partial charge in [0, 0.05) is 60.8 Å². The van der Waals surface area contributed by atoms with E-state index in [9.17, 15) is 43.2 Å². The number of carbonyl (C=O) groups is 9. The van der Waals surface area contributed by atoms with E-state index in [0.717, 1.165) is 53.7 Å². The van der Waals surface area contributed by atoms with Gasteiger partial charge in [-0.05, 0) is 37.6 Å². The van der Waals surface area contributed by atoms with Gasteiger partial charge < -0.3 is 61.6 Å². The van der Waals surface area contributed by atoms with Crippen molar-refractivity contribution in [2.75, 3.05) is 13.2 Å². The number of hydrogen-bond donors (Lipinski definition) is 0. The molecule has 0 amide bonds. The van der Waals surface area contributed by atoms with Crippen LogP contribution >= 0.6 is 0 Å². The van der Waals surface area contributed by atoms with Gasteiger partial charge in [0.1, 0.15) is 30.5 Å². The molecule has 6 bridgehead atoms. The lowest BCUT2D eigenvalue weighted by molar-refractivity contribution is -0.423. The van der Waals surface area contributed by atoms with E-state index in [-0.39, 0.29) is 18.4 Å². The van der Waals surface area contributed by atoms with Crippen molar-refractivity contribution in [2.45, 2.75) is 122 Å². The van der Waals surface area contributed by atoms with E-state index in [1.807, 2.05) is 0 Å². The maximum absolute atomic E-state index is 13.8. The molecular formula is C44H46O22. The molecule has 0 aromatic heterocycles. The molecule has 4 saturated heterocycles. The highest BCUT2D eigenvalue weighted by atomic mass is 16.8. The summed E-state index contributed by atoms with van der Waals surface area (Å²) in [6, 6.07) is 10.1. The first-order chi connectivity index (χ1) is 31.0. The van der Waals surface area contributed by atoms with Crippen molar-refractivity contribution < 1.29 is 105 Å². The highest BCUT2D eigenvalue weighted by Gasteiger charge is 2.96. The Morgan fingerprint density at radius 2 is 1.20 bits per heavy atom. The third-order valence-corrected chi connectivity index (χ3v) is 11.9. The normalized spacial score (nSPS) is 31.8. The van der Waals surface area contributed by atoms with Crippen LogP contribution in [0.4, 0.5) is 0 Å². The average Bonchev–Trinajstić information content (AvgIpc) is 3.41. The summed E-state index contributed by atoms with van der Waals surface area (Å²) in [6.45, 7) is 7.87. The minimum absolute atomic E-state index is 0.0345. The number of rotatable bonds is 15. The van der Waals surface area contributed by atoms with Crippen molar-refractivity contribution in [3.63, 3.8) is 0 Å². The van der Waals surface area contributed by atoms with Gasteiger partial charge in [0.05, 0.1) is 16.5 Å². The first-order valence-electron chi connectivity index (χ1n) is 20.6. The molecule has 22 heteroatoms. The molecule has 0 unspecified atom stereocenters. The van der Waals surface area contributed by atoms with Crippen LogP contribution in [0.25, 0.3) is 0 Å². The molecule has 0 N–H and O–H groups in total. The van der Waals surface area contributed by atoms with Crippen LogP contribution in [-0.4, -0.2) is 121 Å². The molecule has 2 aromatic rings. The number of ether oxygens (including phenoxy) is 13. The van der Waals surface area contributed by atoms with Crippen LogP contribution in [-0.2, 0) is 80.9 Å². The molecule has 4 heterocycles. The van der Waals surface area contributed by atoms with Gasteiger partial charge in [0.2, 0.25) is 11.5 Å². The summed E-state index contributed by atoms with van der Waals surface area (Å²) in [7, 11) is 0. The zero-order valence-corrected chi connectivity index (χ0v) is 36.9. The topological polar surface area (TPSA) is 274 Å². The monoisotopic (exact) mass is 926 g/mol. The summed E-state index contributed by atoms with van der Waals surface area (Å²) >= 11 is 0. The van der Waals surface area contributed by atoms with Gasteiger partial charge >= 0.3 is 53.7 Å². The van der Waals surface area contributed by atoms with E-state index in [1.54, 1.807) is 37.3 Å². The fourth-order valence-corrected chi connectivity index (χ4v) is 9.78. The van der Waals surface area contributed by atoms with Crippen molar-refractivity contribution in [1.82, 2.24) is 0 Å². The third-order valence-electron chi connectivity index (χ3n) is 11.9. The lowest BCUT2D eigenvalue weighted by Gasteiger charge is -2.68. The quantitative estimate of drug-likeness (QED) is 0.141. The number of benzene rings is 2. The van der Waals surface area contributed by atoms with Gasteiger partial charge in [-0.3, -0.25) is 33.6 Å². The zero-order chi connectivity index (χ0) is 48.1. The van der Waals surface area contributed by atoms with Crippen molar-refractivity contribution in [2.24, 2.45) is 11.3 Å². The Morgan fingerprint density at radius 1 is 0.636 bits per heavy atom. The second-order valence-corrected chi connectivity index (χ2v) is 16.5. The lowest BCUT2D eigenvalue weighted by Crippen LogP contribution is -2.81. The Kier molecular flexibility index (Phi) is 12.7. The second-order valence-electron chi connectivity index (χ2n) is 16.5. The summed E-state index contributed by atoms with van der Waals surface area (Å²) in [5.41, 5.74) is -4.54. The summed E-state index contributed by atoms with van der Waals surface area (Å²) in [4.78, 5) is 114. The average molecular weight is 927 g/mol. The molecule has 4 aliphatic heterocycles. The molecule has 7 fully saturated rings. The first kappa shape index (κ1) is 47.5. The molecule has 22 nitrogen and oxygen atoms in total. The van der Waals surface area contributed by atoms with Crippen LogP contribution in [0.3, 0.4) is 0 Å². The van der Waals surface area contributed by atoms with E-state index >= 15 is 0 Å². The molecule has 0 radical (unpaired) electrons. The van der Waals surface area contributed by atoms with Crippen LogP contribution in [0.5, 0.6) is 17.2 Å². The predicted molar refractivity (Wildman–Crippen MR) is 211 cm³/mol. The van der Waals surface area contributed by atoms with Gasteiger partial charge in [0.15, 0.2) is 42.4 Å². The Bertz CT molecular complexity index is 2330. The van der Waals surface area contributed by atoms with Crippen molar-refractivity contribution in [3.05, 3.63) is 53.6 Å². The minimum Gasteiger partial charge on any atom is -0.461 e. The number of carbonyl (C=O) groups excluding carboxylic acids is 9. The predicted octanol–water partition coefficient (Wildman–Crippen LogP) is 2.57. The molecule has 9 rings (SSSR count). The summed E-state index contributed by atoms with van der Waals surface area (Å²) in [5, 5.41) is 0. The lowest BCUT2D eigenvalue weighted by atomic mass is 9.41. The Balaban J connectivity index is 1.26. The first-order valence-corrected chi connectivity index (χ1v) is 20.6. The zero-order valence-electron chi connectivity index (χ0n) is 36.9. The molecule has 2 aromatic carbocycles. The van der Waals surface area contributed by atoms with Crippen LogP contribution in [0.15, 0.2) is 42.5 Å². The fraction of sp³-hybridized carbons (Fsp3) is 0.523. The van der Waals surface area contributed by atoms with E-state index < -0.39 is 155 Å². The SMILES string of the molecule is CC(=O)Oc1cc(C(=O)OC[C@H]2O[C@@H](O[C@@]34C[C@H]5[C@@]6(OC(C)=O)C[C@]3(C)O[C@H](O6)[C@]54COC(=O)c3ccccc3)[C@H](OC(C)=O)[C@@H](OC(C)=O)[C@@H]2OC(C)=O)cc(OC(C)=O)c1OC(C)=O. The number of hydrogen-bond acceptors (Lipinski definition) is 22. The summed E-state index contributed by atoms with van der Waals surface area (Å²) in [6.07, 6.45) is -9.65. The van der Waals surface area contributed by atoms with E-state index in [4.69, 9.17) is 61.6 Å². The van der Waals surface area contributed by atoms with E-state index in [0.29, 0.717) is 0 Å². The maximum Gasteiger partial charge on any atom is 0.338 e. The van der Waals surface area contributed by atoms with Gasteiger partial charge in [-0.15, -0.1) is 0 Å². The van der Waals surface area contributed by atoms with Gasteiger partial charge in [-0.2, -0.15) is 0 Å². The molecule has 7 aliphatic rings. The van der Waals surface area contributed by atoms with Crippen molar-refractivity contribution in [1.29, 1.82) is 0 Å². The third kappa shape index (κ3) is 8.44. The van der Waals surface area contributed by atoms with Crippen LogP contribution in [0.2, 0.25) is 0 Å². The van der Waals surface area contributed by atoms with Gasteiger partial charge in [0.25, 0.3) is 0 Å². The molecule has 354 valence electrons. The van der Waals surface area contributed by atoms with Crippen LogP contribution in [0, 0.1) is 11.3 Å². The molecule has 66 heavy (non-hydrogen) atoms. The Labute approximate surface area is 375 Å². The maximum atomic E-state index is 13.8. The van der Waals surface area contributed by atoms with Crippen molar-refractivity contribution >= 4 is 53.7 Å². The Hall–Kier alpha value is -6.49. The summed E-state index contributed by atoms with van der Waals surface area (Å²) < 4.78 is 76.1. The van der Waals surface area contributed by atoms with Gasteiger partial charge in [-0.1, -0.05) is 18.2 Å². The largest absolute Gasteiger partial charge is 0.461 e. The second kappa shape index (κ2) is 17.7. The van der Waals surface area contributed by atoms with E-state index in [2.05, 4.69) is 0 Å². The molecule has 0 spiro atoms. The highest BCUT2D eigenvalue weighted by molar-refractivity contribution is 5.92. The molecule has 11 atom stereocenters. The smallest absolute Gasteiger partial charge is 0.338 e. The molecule has 3 aliphatic carbocycles.